The molecule has 23 heavy (non-hydrogen) atoms. The average Bonchev–Trinajstić information content (AvgIpc) is 2.37. The first kappa shape index (κ1) is 22.8. The molecule has 0 atom stereocenters. The molecule has 0 aromatic heterocycles. The summed E-state index contributed by atoms with van der Waals surface area (Å²) in [5, 5.41) is 0. The second-order valence-electron chi connectivity index (χ2n) is 6.31. The minimum absolute atomic E-state index is 0.132. The summed E-state index contributed by atoms with van der Waals surface area (Å²) in [5.41, 5.74) is 0. The lowest BCUT2D eigenvalue weighted by Crippen LogP contribution is -2.34. The summed E-state index contributed by atoms with van der Waals surface area (Å²) in [4.78, 5) is 23.1. The van der Waals surface area contributed by atoms with Gasteiger partial charge in [-0.05, 0) is 41.5 Å². The van der Waals surface area contributed by atoms with Gasteiger partial charge in [0.05, 0.1) is 13.2 Å². The summed E-state index contributed by atoms with van der Waals surface area (Å²) in [7, 11) is 0. The molecule has 8 heteroatoms. The highest BCUT2D eigenvalue weighted by atomic mass is 79.9. The summed E-state index contributed by atoms with van der Waals surface area (Å²) in [6.45, 7) is 11.0. The van der Waals surface area contributed by atoms with E-state index >= 15 is 0 Å². The van der Waals surface area contributed by atoms with Crippen LogP contribution in [0.4, 0.5) is 0 Å². The number of esters is 2. The third-order valence-electron chi connectivity index (χ3n) is 2.50. The Labute approximate surface area is 154 Å². The Morgan fingerprint density at radius 2 is 1.00 bits per heavy atom. The van der Waals surface area contributed by atoms with Crippen molar-refractivity contribution in [1.29, 1.82) is 0 Å². The topological polar surface area (TPSA) is 71.1 Å². The zero-order valence-electron chi connectivity index (χ0n) is 14.5. The minimum atomic E-state index is -0.868. The molecule has 0 fully saturated rings. The molecule has 0 bridgehead atoms. The maximum Gasteiger partial charge on any atom is 0.322 e. The van der Waals surface area contributed by atoms with Crippen molar-refractivity contribution < 1.29 is 28.5 Å². The third kappa shape index (κ3) is 11.1. The predicted molar refractivity (Wildman–Crippen MR) is 93.9 cm³/mol. The van der Waals surface area contributed by atoms with Crippen molar-refractivity contribution in [2.24, 2.45) is 0 Å². The van der Waals surface area contributed by atoms with Gasteiger partial charge >= 0.3 is 11.9 Å². The monoisotopic (exact) mass is 460 g/mol. The molecule has 0 saturated carbocycles. The van der Waals surface area contributed by atoms with E-state index in [1.807, 2.05) is 0 Å². The number of halogens is 2. The van der Waals surface area contributed by atoms with Gasteiger partial charge in [-0.3, -0.25) is 9.59 Å². The molecule has 0 unspecified atom stereocenters. The Morgan fingerprint density at radius 3 is 1.26 bits per heavy atom. The van der Waals surface area contributed by atoms with Crippen molar-refractivity contribution in [3.63, 3.8) is 0 Å². The number of hydrogen-bond donors (Lipinski definition) is 0. The molecule has 0 aromatic rings. The average molecular weight is 462 g/mol. The zero-order chi connectivity index (χ0) is 18.3. The molecule has 0 aliphatic carbocycles. The molecular weight excluding hydrogens is 436 g/mol. The standard InChI is InChI=1S/C15H26Br2O6/c1-13(2,16)11(18)20-7-9-22-15(5,6)23-10-8-21-12(19)14(3,4)17/h7-10H2,1-6H3. The lowest BCUT2D eigenvalue weighted by Gasteiger charge is -2.26. The van der Waals surface area contributed by atoms with E-state index in [0.29, 0.717) is 0 Å². The number of alkyl halides is 2. The number of carbonyl (C=O) groups is 2. The fraction of sp³-hybridized carbons (Fsp3) is 0.867. The highest BCUT2D eigenvalue weighted by Crippen LogP contribution is 2.18. The Bertz CT molecular complexity index is 360. The molecule has 6 nitrogen and oxygen atoms in total. The van der Waals surface area contributed by atoms with E-state index in [-0.39, 0.29) is 38.4 Å². The number of rotatable bonds is 10. The van der Waals surface area contributed by atoms with E-state index in [9.17, 15) is 9.59 Å². The summed E-state index contributed by atoms with van der Waals surface area (Å²) in [6, 6.07) is 0. The first-order valence-electron chi connectivity index (χ1n) is 7.26. The Kier molecular flexibility index (Phi) is 9.27. The highest BCUT2D eigenvalue weighted by molar-refractivity contribution is 9.10. The normalized spacial score (nSPS) is 12.9. The van der Waals surface area contributed by atoms with E-state index in [4.69, 9.17) is 18.9 Å². The highest BCUT2D eigenvalue weighted by Gasteiger charge is 2.27. The van der Waals surface area contributed by atoms with Gasteiger partial charge in [0.15, 0.2) is 5.79 Å². The van der Waals surface area contributed by atoms with Gasteiger partial charge in [0, 0.05) is 0 Å². The molecule has 0 aliphatic rings. The molecule has 0 rings (SSSR count). The van der Waals surface area contributed by atoms with Crippen LogP contribution >= 0.6 is 31.9 Å². The van der Waals surface area contributed by atoms with Gasteiger partial charge in [0.2, 0.25) is 0 Å². The molecule has 0 aliphatic heterocycles. The van der Waals surface area contributed by atoms with Gasteiger partial charge in [-0.15, -0.1) is 0 Å². The van der Waals surface area contributed by atoms with E-state index in [0.717, 1.165) is 0 Å². The van der Waals surface area contributed by atoms with Gasteiger partial charge < -0.3 is 18.9 Å². The van der Waals surface area contributed by atoms with Gasteiger partial charge in [0.1, 0.15) is 21.9 Å². The van der Waals surface area contributed by atoms with Crippen molar-refractivity contribution in [3.8, 4) is 0 Å². The van der Waals surface area contributed by atoms with Crippen LogP contribution < -0.4 is 0 Å². The first-order valence-corrected chi connectivity index (χ1v) is 8.84. The molecule has 0 spiro atoms. The van der Waals surface area contributed by atoms with Crippen LogP contribution in [-0.4, -0.2) is 52.8 Å². The number of carbonyl (C=O) groups excluding carboxylic acids is 2. The molecule has 0 amide bonds. The second-order valence-corrected chi connectivity index (χ2v) is 10.3. The van der Waals surface area contributed by atoms with Crippen molar-refractivity contribution in [2.45, 2.75) is 56.0 Å². The lowest BCUT2D eigenvalue weighted by molar-refractivity contribution is -0.223. The van der Waals surface area contributed by atoms with Gasteiger partial charge in [-0.1, -0.05) is 31.9 Å². The lowest BCUT2D eigenvalue weighted by atomic mass is 10.2. The summed E-state index contributed by atoms with van der Waals surface area (Å²) in [6.07, 6.45) is 0. The van der Waals surface area contributed by atoms with Crippen LogP contribution in [0.2, 0.25) is 0 Å². The Hall–Kier alpha value is -0.180. The predicted octanol–water partition coefficient (Wildman–Crippen LogP) is 3.19. The van der Waals surface area contributed by atoms with Crippen LogP contribution in [0.5, 0.6) is 0 Å². The Balaban J connectivity index is 3.90. The summed E-state index contributed by atoms with van der Waals surface area (Å²) < 4.78 is 19.7. The van der Waals surface area contributed by atoms with E-state index in [1.54, 1.807) is 41.5 Å². The molecular formula is C15H26Br2O6. The quantitative estimate of drug-likeness (QED) is 0.215. The number of hydrogen-bond acceptors (Lipinski definition) is 6. The molecule has 0 N–H and O–H groups in total. The minimum Gasteiger partial charge on any atom is -0.462 e. The largest absolute Gasteiger partial charge is 0.462 e. The van der Waals surface area contributed by atoms with Crippen molar-refractivity contribution in [2.75, 3.05) is 26.4 Å². The number of ether oxygens (including phenoxy) is 4. The molecule has 0 aromatic carbocycles. The Morgan fingerprint density at radius 1 is 0.696 bits per heavy atom. The summed E-state index contributed by atoms with van der Waals surface area (Å²) in [5.74, 6) is -1.58. The third-order valence-corrected chi connectivity index (χ3v) is 3.15. The molecule has 0 saturated heterocycles. The van der Waals surface area contributed by atoms with Crippen LogP contribution in [-0.2, 0) is 28.5 Å². The van der Waals surface area contributed by atoms with Crippen molar-refractivity contribution >= 4 is 43.8 Å². The first-order chi connectivity index (χ1) is 10.3. The fourth-order valence-electron chi connectivity index (χ4n) is 1.23. The van der Waals surface area contributed by atoms with Gasteiger partial charge in [0.25, 0.3) is 0 Å². The zero-order valence-corrected chi connectivity index (χ0v) is 17.7. The molecule has 0 heterocycles. The molecule has 136 valence electrons. The summed E-state index contributed by atoms with van der Waals surface area (Å²) >= 11 is 6.44. The SMILES string of the molecule is CC(C)(OCCOC(=O)C(C)(C)Br)OCCOC(=O)C(C)(C)Br. The maximum absolute atomic E-state index is 11.5. The van der Waals surface area contributed by atoms with Gasteiger partial charge in [-0.25, -0.2) is 0 Å². The van der Waals surface area contributed by atoms with Crippen molar-refractivity contribution in [3.05, 3.63) is 0 Å². The molecule has 0 radical (unpaired) electrons. The van der Waals surface area contributed by atoms with Crippen LogP contribution in [0.25, 0.3) is 0 Å². The van der Waals surface area contributed by atoms with Crippen LogP contribution in [0.1, 0.15) is 41.5 Å². The van der Waals surface area contributed by atoms with E-state index in [1.165, 1.54) is 0 Å². The van der Waals surface area contributed by atoms with E-state index < -0.39 is 14.4 Å². The fourth-order valence-corrected chi connectivity index (χ4v) is 1.46. The van der Waals surface area contributed by atoms with Crippen LogP contribution in [0, 0.1) is 0 Å². The van der Waals surface area contributed by atoms with Gasteiger partial charge in [-0.2, -0.15) is 0 Å². The maximum atomic E-state index is 11.5. The van der Waals surface area contributed by atoms with Crippen LogP contribution in [0.3, 0.4) is 0 Å². The van der Waals surface area contributed by atoms with Crippen molar-refractivity contribution in [1.82, 2.24) is 0 Å². The second kappa shape index (κ2) is 9.34. The smallest absolute Gasteiger partial charge is 0.322 e. The van der Waals surface area contributed by atoms with E-state index in [2.05, 4.69) is 31.9 Å². The van der Waals surface area contributed by atoms with Crippen LogP contribution in [0.15, 0.2) is 0 Å².